The third-order valence-electron chi connectivity index (χ3n) is 3.75. The van der Waals surface area contributed by atoms with Gasteiger partial charge in [0.25, 0.3) is 5.91 Å². The van der Waals surface area contributed by atoms with Gasteiger partial charge in [-0.1, -0.05) is 23.8 Å². The fourth-order valence-corrected chi connectivity index (χ4v) is 2.46. The number of hydrazone groups is 1. The Hall–Kier alpha value is -2.82. The van der Waals surface area contributed by atoms with Crippen molar-refractivity contribution in [3.63, 3.8) is 0 Å². The Morgan fingerprint density at radius 1 is 1.00 bits per heavy atom. The van der Waals surface area contributed by atoms with Crippen LogP contribution in [0, 0.1) is 13.8 Å². The van der Waals surface area contributed by atoms with E-state index in [4.69, 9.17) is 9.47 Å². The number of methoxy groups -OCH3 is 2. The van der Waals surface area contributed by atoms with Crippen LogP contribution >= 0.6 is 0 Å². The Morgan fingerprint density at radius 3 is 2.33 bits per heavy atom. The largest absolute Gasteiger partial charge is 0.497 e. The molecule has 0 radical (unpaired) electrons. The minimum Gasteiger partial charge on any atom is -0.497 e. The van der Waals surface area contributed by atoms with Gasteiger partial charge in [0.15, 0.2) is 0 Å². The topological polar surface area (TPSA) is 59.9 Å². The van der Waals surface area contributed by atoms with Gasteiger partial charge < -0.3 is 9.47 Å². The molecular weight excluding hydrogens is 304 g/mol. The Balaban J connectivity index is 2.20. The molecule has 0 aliphatic carbocycles. The van der Waals surface area contributed by atoms with Crippen LogP contribution in [-0.2, 0) is 0 Å². The van der Waals surface area contributed by atoms with Crippen LogP contribution in [0.3, 0.4) is 0 Å². The van der Waals surface area contributed by atoms with Crippen molar-refractivity contribution in [2.24, 2.45) is 5.10 Å². The maximum Gasteiger partial charge on any atom is 0.275 e. The number of hydrogen-bond donors (Lipinski definition) is 1. The van der Waals surface area contributed by atoms with E-state index in [9.17, 15) is 4.79 Å². The lowest BCUT2D eigenvalue weighted by molar-refractivity contribution is 0.0951. The SMILES string of the molecule is COc1ccc(C(=O)NN=C(C)c2ccc(C)cc2C)c(OC)c1. The van der Waals surface area contributed by atoms with E-state index in [0.29, 0.717) is 17.1 Å². The number of carbonyl (C=O) groups is 1. The molecular formula is C19H22N2O3. The maximum atomic E-state index is 12.4. The molecule has 0 unspecified atom stereocenters. The van der Waals surface area contributed by atoms with Crippen LogP contribution in [0.4, 0.5) is 0 Å². The second-order valence-electron chi connectivity index (χ2n) is 5.52. The minimum absolute atomic E-state index is 0.335. The van der Waals surface area contributed by atoms with Crippen LogP contribution < -0.4 is 14.9 Å². The molecule has 0 atom stereocenters. The molecule has 0 aliphatic rings. The Morgan fingerprint density at radius 2 is 1.71 bits per heavy atom. The van der Waals surface area contributed by atoms with Crippen LogP contribution in [0.5, 0.6) is 11.5 Å². The minimum atomic E-state index is -0.335. The standard InChI is InChI=1S/C19H22N2O3/c1-12-6-8-16(13(2)10-12)14(3)20-21-19(22)17-9-7-15(23-4)11-18(17)24-5/h6-11H,1-5H3,(H,21,22). The lowest BCUT2D eigenvalue weighted by Crippen LogP contribution is -2.20. The molecule has 5 nitrogen and oxygen atoms in total. The molecule has 0 bridgehead atoms. The third-order valence-corrected chi connectivity index (χ3v) is 3.75. The summed E-state index contributed by atoms with van der Waals surface area (Å²) in [5, 5.41) is 4.21. The summed E-state index contributed by atoms with van der Waals surface area (Å²) in [6, 6.07) is 11.1. The summed E-state index contributed by atoms with van der Waals surface area (Å²) in [7, 11) is 3.07. The molecule has 2 aromatic carbocycles. The smallest absolute Gasteiger partial charge is 0.275 e. The van der Waals surface area contributed by atoms with Crippen molar-refractivity contribution in [3.8, 4) is 11.5 Å². The third kappa shape index (κ3) is 3.93. The predicted molar refractivity (Wildman–Crippen MR) is 95.1 cm³/mol. The zero-order valence-corrected chi connectivity index (χ0v) is 14.6. The second-order valence-corrected chi connectivity index (χ2v) is 5.52. The quantitative estimate of drug-likeness (QED) is 0.676. The highest BCUT2D eigenvalue weighted by atomic mass is 16.5. The first kappa shape index (κ1) is 17.5. The summed E-state index contributed by atoms with van der Waals surface area (Å²) in [6.45, 7) is 5.93. The highest BCUT2D eigenvalue weighted by molar-refractivity contribution is 6.02. The molecule has 0 aliphatic heterocycles. The van der Waals surface area contributed by atoms with Gasteiger partial charge in [-0.15, -0.1) is 0 Å². The molecule has 2 rings (SSSR count). The fraction of sp³-hybridized carbons (Fsp3) is 0.263. The molecule has 0 spiro atoms. The van der Waals surface area contributed by atoms with Crippen LogP contribution in [0.25, 0.3) is 0 Å². The number of ether oxygens (including phenoxy) is 2. The van der Waals surface area contributed by atoms with Gasteiger partial charge in [0.05, 0.1) is 25.5 Å². The van der Waals surface area contributed by atoms with Gasteiger partial charge >= 0.3 is 0 Å². The zero-order chi connectivity index (χ0) is 17.7. The molecule has 1 N–H and O–H groups in total. The molecule has 5 heteroatoms. The molecule has 126 valence electrons. The molecule has 2 aromatic rings. The van der Waals surface area contributed by atoms with E-state index in [1.165, 1.54) is 12.7 Å². The molecule has 0 heterocycles. The number of carbonyl (C=O) groups excluding carboxylic acids is 1. The summed E-state index contributed by atoms with van der Waals surface area (Å²) in [5.41, 5.74) is 7.03. The van der Waals surface area contributed by atoms with Crippen molar-refractivity contribution in [3.05, 3.63) is 58.7 Å². The first-order valence-electron chi connectivity index (χ1n) is 7.60. The Kier molecular flexibility index (Phi) is 5.58. The lowest BCUT2D eigenvalue weighted by Gasteiger charge is -2.10. The van der Waals surface area contributed by atoms with Crippen molar-refractivity contribution >= 4 is 11.6 Å². The number of nitrogens with zero attached hydrogens (tertiary/aromatic N) is 1. The predicted octanol–water partition coefficient (Wildman–Crippen LogP) is 3.47. The van der Waals surface area contributed by atoms with Crippen LogP contribution in [-0.4, -0.2) is 25.8 Å². The van der Waals surface area contributed by atoms with Gasteiger partial charge in [-0.25, -0.2) is 5.43 Å². The number of amides is 1. The summed E-state index contributed by atoms with van der Waals surface area (Å²) >= 11 is 0. The summed E-state index contributed by atoms with van der Waals surface area (Å²) in [4.78, 5) is 12.4. The van der Waals surface area contributed by atoms with Gasteiger partial charge in [0.1, 0.15) is 11.5 Å². The van der Waals surface area contributed by atoms with E-state index >= 15 is 0 Å². The lowest BCUT2D eigenvalue weighted by atomic mass is 10.0. The highest BCUT2D eigenvalue weighted by Crippen LogP contribution is 2.24. The monoisotopic (exact) mass is 326 g/mol. The van der Waals surface area contributed by atoms with E-state index in [0.717, 1.165) is 16.8 Å². The van der Waals surface area contributed by atoms with Gasteiger partial charge in [0.2, 0.25) is 0 Å². The van der Waals surface area contributed by atoms with E-state index in [2.05, 4.69) is 16.6 Å². The number of benzene rings is 2. The van der Waals surface area contributed by atoms with Gasteiger partial charge in [-0.2, -0.15) is 5.10 Å². The summed E-state index contributed by atoms with van der Waals surface area (Å²) in [5.74, 6) is 0.725. The van der Waals surface area contributed by atoms with Crippen molar-refractivity contribution in [2.45, 2.75) is 20.8 Å². The number of hydrogen-bond acceptors (Lipinski definition) is 4. The molecule has 0 saturated heterocycles. The summed E-state index contributed by atoms with van der Waals surface area (Å²) in [6.07, 6.45) is 0. The normalized spacial score (nSPS) is 11.1. The first-order valence-corrected chi connectivity index (χ1v) is 7.60. The molecule has 0 fully saturated rings. The van der Waals surface area contributed by atoms with Gasteiger partial charge in [-0.3, -0.25) is 4.79 Å². The zero-order valence-electron chi connectivity index (χ0n) is 14.6. The van der Waals surface area contributed by atoms with Crippen molar-refractivity contribution < 1.29 is 14.3 Å². The fourth-order valence-electron chi connectivity index (χ4n) is 2.46. The average Bonchev–Trinajstić information content (AvgIpc) is 2.58. The molecule has 24 heavy (non-hydrogen) atoms. The Bertz CT molecular complexity index is 782. The van der Waals surface area contributed by atoms with Crippen molar-refractivity contribution in [2.75, 3.05) is 14.2 Å². The molecule has 0 saturated carbocycles. The second kappa shape index (κ2) is 7.64. The first-order chi connectivity index (χ1) is 11.5. The van der Waals surface area contributed by atoms with E-state index in [-0.39, 0.29) is 5.91 Å². The van der Waals surface area contributed by atoms with Crippen LogP contribution in [0.1, 0.15) is 34.0 Å². The van der Waals surface area contributed by atoms with E-state index in [1.54, 1.807) is 25.3 Å². The molecule has 0 aromatic heterocycles. The van der Waals surface area contributed by atoms with Gasteiger partial charge in [0, 0.05) is 11.6 Å². The Labute approximate surface area is 142 Å². The number of nitrogens with one attached hydrogen (secondary N) is 1. The number of aryl methyl sites for hydroxylation is 2. The van der Waals surface area contributed by atoms with E-state index in [1.807, 2.05) is 32.9 Å². The maximum absolute atomic E-state index is 12.4. The molecule has 1 amide bonds. The van der Waals surface area contributed by atoms with Crippen LogP contribution in [0.15, 0.2) is 41.5 Å². The van der Waals surface area contributed by atoms with Crippen molar-refractivity contribution in [1.82, 2.24) is 5.43 Å². The summed E-state index contributed by atoms with van der Waals surface area (Å²) < 4.78 is 10.4. The van der Waals surface area contributed by atoms with Crippen LogP contribution in [0.2, 0.25) is 0 Å². The number of rotatable bonds is 5. The average molecular weight is 326 g/mol. The van der Waals surface area contributed by atoms with Crippen molar-refractivity contribution in [1.29, 1.82) is 0 Å². The van der Waals surface area contributed by atoms with E-state index < -0.39 is 0 Å². The highest BCUT2D eigenvalue weighted by Gasteiger charge is 2.13. The van der Waals surface area contributed by atoms with Gasteiger partial charge in [-0.05, 0) is 38.5 Å².